The minimum absolute atomic E-state index is 0.666. The van der Waals surface area contributed by atoms with Crippen molar-refractivity contribution in [3.8, 4) is 0 Å². The third kappa shape index (κ3) is 2.68. The molecule has 1 saturated heterocycles. The summed E-state index contributed by atoms with van der Waals surface area (Å²) in [5.41, 5.74) is 2.11. The lowest BCUT2D eigenvalue weighted by Gasteiger charge is -2.29. The Labute approximate surface area is 99.0 Å². The summed E-state index contributed by atoms with van der Waals surface area (Å²) in [6.45, 7) is 6.16. The molecule has 1 aliphatic rings. The van der Waals surface area contributed by atoms with Gasteiger partial charge in [-0.3, -0.25) is 0 Å². The van der Waals surface area contributed by atoms with Crippen molar-refractivity contribution in [3.63, 3.8) is 0 Å². The highest BCUT2D eigenvalue weighted by Gasteiger charge is 2.18. The molecule has 0 N–H and O–H groups in total. The molecule has 1 aromatic heterocycles. The second kappa shape index (κ2) is 4.47. The van der Waals surface area contributed by atoms with Crippen LogP contribution in [0.2, 0.25) is 0 Å². The molecule has 1 aliphatic heterocycles. The number of nitrogens with zero attached hydrogens (tertiary/aromatic N) is 3. The van der Waals surface area contributed by atoms with Gasteiger partial charge in [-0.25, -0.2) is 9.97 Å². The first-order valence-corrected chi connectivity index (χ1v) is 6.28. The SMILES string of the molecule is Cc1cc(C)nc(N2CCC(Br)CC2)n1. The Balaban J connectivity index is 2.15. The molecule has 15 heavy (non-hydrogen) atoms. The third-order valence-electron chi connectivity index (χ3n) is 2.68. The van der Waals surface area contributed by atoms with Gasteiger partial charge in [-0.05, 0) is 32.8 Å². The maximum atomic E-state index is 4.48. The van der Waals surface area contributed by atoms with Crippen LogP contribution >= 0.6 is 15.9 Å². The van der Waals surface area contributed by atoms with E-state index in [2.05, 4.69) is 30.8 Å². The van der Waals surface area contributed by atoms with Crippen LogP contribution in [-0.2, 0) is 0 Å². The summed E-state index contributed by atoms with van der Waals surface area (Å²) in [6, 6.07) is 2.01. The number of hydrogen-bond acceptors (Lipinski definition) is 3. The number of halogens is 1. The first kappa shape index (κ1) is 10.9. The van der Waals surface area contributed by atoms with Crippen LogP contribution in [0, 0.1) is 13.8 Å². The zero-order valence-corrected chi connectivity index (χ0v) is 10.8. The molecule has 1 aromatic rings. The van der Waals surface area contributed by atoms with Crippen LogP contribution in [0.3, 0.4) is 0 Å². The van der Waals surface area contributed by atoms with Gasteiger partial charge >= 0.3 is 0 Å². The van der Waals surface area contributed by atoms with Gasteiger partial charge in [0, 0.05) is 29.3 Å². The van der Waals surface area contributed by atoms with E-state index < -0.39 is 0 Å². The van der Waals surface area contributed by atoms with Crippen molar-refractivity contribution >= 4 is 21.9 Å². The average molecular weight is 270 g/mol. The second-order valence-electron chi connectivity index (χ2n) is 4.11. The van der Waals surface area contributed by atoms with Gasteiger partial charge in [0.1, 0.15) is 0 Å². The van der Waals surface area contributed by atoms with Crippen molar-refractivity contribution in [2.45, 2.75) is 31.5 Å². The van der Waals surface area contributed by atoms with Crippen LogP contribution in [0.4, 0.5) is 5.95 Å². The van der Waals surface area contributed by atoms with Gasteiger partial charge in [-0.1, -0.05) is 15.9 Å². The molecule has 3 nitrogen and oxygen atoms in total. The molecule has 0 bridgehead atoms. The lowest BCUT2D eigenvalue weighted by atomic mass is 10.1. The number of anilines is 1. The summed E-state index contributed by atoms with van der Waals surface area (Å²) in [5, 5.41) is 0. The first-order chi connectivity index (χ1) is 7.15. The van der Waals surface area contributed by atoms with Crippen molar-refractivity contribution in [1.29, 1.82) is 0 Å². The molecule has 0 saturated carbocycles. The Kier molecular flexibility index (Phi) is 3.24. The number of aromatic nitrogens is 2. The molecule has 0 atom stereocenters. The molecule has 0 unspecified atom stereocenters. The summed E-state index contributed by atoms with van der Waals surface area (Å²) in [7, 11) is 0. The van der Waals surface area contributed by atoms with Crippen molar-refractivity contribution in [2.75, 3.05) is 18.0 Å². The number of piperidine rings is 1. The summed E-state index contributed by atoms with van der Waals surface area (Å²) in [6.07, 6.45) is 2.35. The predicted molar refractivity (Wildman–Crippen MR) is 65.7 cm³/mol. The van der Waals surface area contributed by atoms with Crippen LogP contribution in [0.15, 0.2) is 6.07 Å². The summed E-state index contributed by atoms with van der Waals surface area (Å²) < 4.78 is 0. The van der Waals surface area contributed by atoms with E-state index in [1.807, 2.05) is 19.9 Å². The average Bonchev–Trinajstić information content (AvgIpc) is 2.17. The highest BCUT2D eigenvalue weighted by molar-refractivity contribution is 9.09. The van der Waals surface area contributed by atoms with Gasteiger partial charge in [0.25, 0.3) is 0 Å². The van der Waals surface area contributed by atoms with Gasteiger partial charge in [-0.15, -0.1) is 0 Å². The molecule has 0 amide bonds. The quantitative estimate of drug-likeness (QED) is 0.734. The zero-order chi connectivity index (χ0) is 10.8. The zero-order valence-electron chi connectivity index (χ0n) is 9.20. The number of rotatable bonds is 1. The summed E-state index contributed by atoms with van der Waals surface area (Å²) in [4.78, 5) is 11.9. The normalized spacial score (nSPS) is 18.2. The van der Waals surface area contributed by atoms with Crippen LogP contribution in [0.5, 0.6) is 0 Å². The molecule has 0 aliphatic carbocycles. The smallest absolute Gasteiger partial charge is 0.225 e. The second-order valence-corrected chi connectivity index (χ2v) is 5.41. The summed E-state index contributed by atoms with van der Waals surface area (Å²) >= 11 is 3.65. The summed E-state index contributed by atoms with van der Waals surface area (Å²) in [5.74, 6) is 0.895. The highest BCUT2D eigenvalue weighted by atomic mass is 79.9. The van der Waals surface area contributed by atoms with Gasteiger partial charge in [-0.2, -0.15) is 0 Å². The fourth-order valence-electron chi connectivity index (χ4n) is 1.90. The molecular formula is C11H16BrN3. The van der Waals surface area contributed by atoms with Gasteiger partial charge in [0.05, 0.1) is 0 Å². The monoisotopic (exact) mass is 269 g/mol. The molecule has 0 aromatic carbocycles. The van der Waals surface area contributed by atoms with Crippen LogP contribution < -0.4 is 4.90 Å². The van der Waals surface area contributed by atoms with Crippen molar-refractivity contribution in [3.05, 3.63) is 17.5 Å². The minimum Gasteiger partial charge on any atom is -0.341 e. The Morgan fingerprint density at radius 3 is 2.27 bits per heavy atom. The van der Waals surface area contributed by atoms with E-state index in [-0.39, 0.29) is 0 Å². The Morgan fingerprint density at radius 2 is 1.73 bits per heavy atom. The minimum atomic E-state index is 0.666. The van der Waals surface area contributed by atoms with Crippen LogP contribution in [0.25, 0.3) is 0 Å². The Hall–Kier alpha value is -0.640. The molecule has 0 spiro atoms. The Morgan fingerprint density at radius 1 is 1.20 bits per heavy atom. The molecule has 82 valence electrons. The number of hydrogen-bond donors (Lipinski definition) is 0. The van der Waals surface area contributed by atoms with E-state index in [1.165, 1.54) is 12.8 Å². The van der Waals surface area contributed by atoms with E-state index in [0.717, 1.165) is 30.4 Å². The van der Waals surface area contributed by atoms with Crippen LogP contribution in [0.1, 0.15) is 24.2 Å². The number of aryl methyl sites for hydroxylation is 2. The molecular weight excluding hydrogens is 254 g/mol. The van der Waals surface area contributed by atoms with Crippen LogP contribution in [-0.4, -0.2) is 27.9 Å². The topological polar surface area (TPSA) is 29.0 Å². The van der Waals surface area contributed by atoms with E-state index >= 15 is 0 Å². The fourth-order valence-corrected chi connectivity index (χ4v) is 2.31. The standard InChI is InChI=1S/C11H16BrN3/c1-8-7-9(2)14-11(13-8)15-5-3-10(12)4-6-15/h7,10H,3-6H2,1-2H3. The molecule has 1 fully saturated rings. The maximum absolute atomic E-state index is 4.48. The van der Waals surface area contributed by atoms with Crippen molar-refractivity contribution < 1.29 is 0 Å². The molecule has 2 heterocycles. The van der Waals surface area contributed by atoms with Crippen molar-refractivity contribution in [1.82, 2.24) is 9.97 Å². The fraction of sp³-hybridized carbons (Fsp3) is 0.636. The van der Waals surface area contributed by atoms with Gasteiger partial charge in [0.15, 0.2) is 0 Å². The number of alkyl halides is 1. The largest absolute Gasteiger partial charge is 0.341 e. The van der Waals surface area contributed by atoms with Gasteiger partial charge < -0.3 is 4.90 Å². The van der Waals surface area contributed by atoms with E-state index in [1.54, 1.807) is 0 Å². The Bertz CT molecular complexity index is 325. The lowest BCUT2D eigenvalue weighted by molar-refractivity contribution is 0.585. The third-order valence-corrected chi connectivity index (χ3v) is 3.59. The first-order valence-electron chi connectivity index (χ1n) is 5.36. The van der Waals surface area contributed by atoms with Gasteiger partial charge in [0.2, 0.25) is 5.95 Å². The highest BCUT2D eigenvalue weighted by Crippen LogP contribution is 2.21. The predicted octanol–water partition coefficient (Wildman–Crippen LogP) is 2.46. The lowest BCUT2D eigenvalue weighted by Crippen LogP contribution is -2.35. The molecule has 4 heteroatoms. The van der Waals surface area contributed by atoms with E-state index in [4.69, 9.17) is 0 Å². The maximum Gasteiger partial charge on any atom is 0.225 e. The molecule has 0 radical (unpaired) electrons. The molecule has 2 rings (SSSR count). The van der Waals surface area contributed by atoms with Crippen molar-refractivity contribution in [2.24, 2.45) is 0 Å². The van der Waals surface area contributed by atoms with E-state index in [9.17, 15) is 0 Å². The van der Waals surface area contributed by atoms with E-state index in [0.29, 0.717) is 4.83 Å².